The first kappa shape index (κ1) is 20.1. The Labute approximate surface area is 141 Å². The van der Waals surface area contributed by atoms with Gasteiger partial charge in [0.2, 0.25) is 0 Å². The summed E-state index contributed by atoms with van der Waals surface area (Å²) in [5, 5.41) is 30.9. The first-order valence-electron chi connectivity index (χ1n) is 8.73. The lowest BCUT2D eigenvalue weighted by Crippen LogP contribution is -2.27. The summed E-state index contributed by atoms with van der Waals surface area (Å²) in [6, 6.07) is 0. The predicted octanol–water partition coefficient (Wildman–Crippen LogP) is 3.75. The summed E-state index contributed by atoms with van der Waals surface area (Å²) in [7, 11) is 0. The Kier molecular flexibility index (Phi) is 7.72. The molecule has 0 aliphatic heterocycles. The first-order chi connectivity index (χ1) is 10.6. The quantitative estimate of drug-likeness (QED) is 0.644. The third kappa shape index (κ3) is 7.47. The van der Waals surface area contributed by atoms with Crippen molar-refractivity contribution in [1.82, 2.24) is 0 Å². The number of hydrogen-bond donors (Lipinski definition) is 3. The summed E-state index contributed by atoms with van der Waals surface area (Å²) in [4.78, 5) is 0. The molecule has 0 heterocycles. The van der Waals surface area contributed by atoms with E-state index in [1.807, 2.05) is 13.0 Å². The second kappa shape index (κ2) is 8.81. The smallest absolute Gasteiger partial charge is 0.0827 e. The highest BCUT2D eigenvalue weighted by Gasteiger charge is 2.22. The Bertz CT molecular complexity index is 446. The molecule has 1 aliphatic rings. The fourth-order valence-corrected chi connectivity index (χ4v) is 3.03. The number of aliphatic hydroxyl groups excluding tert-OH is 2. The maximum atomic E-state index is 10.5. The molecule has 3 nitrogen and oxygen atoms in total. The van der Waals surface area contributed by atoms with E-state index in [2.05, 4.69) is 26.5 Å². The van der Waals surface area contributed by atoms with E-state index in [0.29, 0.717) is 18.3 Å². The highest BCUT2D eigenvalue weighted by Crippen LogP contribution is 2.26. The van der Waals surface area contributed by atoms with Crippen molar-refractivity contribution in [3.05, 3.63) is 36.0 Å². The monoisotopic (exact) mass is 322 g/mol. The van der Waals surface area contributed by atoms with E-state index in [1.54, 1.807) is 13.0 Å². The fourth-order valence-electron chi connectivity index (χ4n) is 3.03. The second-order valence-electron chi connectivity index (χ2n) is 7.66. The lowest BCUT2D eigenvalue weighted by Gasteiger charge is -2.25. The summed E-state index contributed by atoms with van der Waals surface area (Å²) in [5.74, 6) is 0.773. The van der Waals surface area contributed by atoms with Gasteiger partial charge in [0.25, 0.3) is 0 Å². The molecule has 0 radical (unpaired) electrons. The molecule has 0 aromatic heterocycles. The van der Waals surface area contributed by atoms with Crippen molar-refractivity contribution in [2.45, 2.75) is 77.6 Å². The number of aliphatic hydroxyl groups is 3. The normalized spacial score (nSPS) is 38.7. The molecule has 3 heteroatoms. The topological polar surface area (TPSA) is 60.7 Å². The highest BCUT2D eigenvalue weighted by atomic mass is 16.3. The van der Waals surface area contributed by atoms with Crippen LogP contribution in [0.25, 0.3) is 0 Å². The van der Waals surface area contributed by atoms with Crippen LogP contribution < -0.4 is 0 Å². The van der Waals surface area contributed by atoms with Crippen LogP contribution in [-0.2, 0) is 0 Å². The number of allylic oxidation sites excluding steroid dienone is 2. The third-order valence-corrected chi connectivity index (χ3v) is 4.74. The van der Waals surface area contributed by atoms with Crippen molar-refractivity contribution < 1.29 is 15.3 Å². The molecule has 0 saturated carbocycles. The molecule has 23 heavy (non-hydrogen) atoms. The van der Waals surface area contributed by atoms with E-state index in [9.17, 15) is 15.3 Å². The second-order valence-corrected chi connectivity index (χ2v) is 7.66. The Morgan fingerprint density at radius 3 is 2.48 bits per heavy atom. The molecular formula is C20H34O3. The van der Waals surface area contributed by atoms with Crippen molar-refractivity contribution in [2.75, 3.05) is 0 Å². The van der Waals surface area contributed by atoms with Crippen LogP contribution in [0, 0.1) is 11.8 Å². The molecule has 0 bridgehead atoms. The van der Waals surface area contributed by atoms with Gasteiger partial charge in [-0.1, -0.05) is 44.2 Å². The van der Waals surface area contributed by atoms with E-state index >= 15 is 0 Å². The maximum Gasteiger partial charge on any atom is 0.0827 e. The zero-order chi connectivity index (χ0) is 17.6. The minimum absolute atomic E-state index is 0.279. The molecule has 0 spiro atoms. The van der Waals surface area contributed by atoms with Crippen LogP contribution in [0.1, 0.15) is 59.8 Å². The summed E-state index contributed by atoms with van der Waals surface area (Å²) in [6.45, 7) is 12.0. The number of hydrogen-bond acceptors (Lipinski definition) is 3. The average molecular weight is 322 g/mol. The number of rotatable bonds is 1. The zero-order valence-corrected chi connectivity index (χ0v) is 15.1. The zero-order valence-electron chi connectivity index (χ0n) is 15.1. The molecule has 0 saturated heterocycles. The molecule has 3 N–H and O–H groups in total. The van der Waals surface area contributed by atoms with Crippen LogP contribution in [-0.4, -0.2) is 33.1 Å². The molecular weight excluding hydrogens is 288 g/mol. The van der Waals surface area contributed by atoms with E-state index in [4.69, 9.17) is 0 Å². The molecule has 0 unspecified atom stereocenters. The summed E-state index contributed by atoms with van der Waals surface area (Å²) in [5.41, 5.74) is 0.881. The highest BCUT2D eigenvalue weighted by molar-refractivity contribution is 5.11. The largest absolute Gasteiger partial charge is 0.389 e. The van der Waals surface area contributed by atoms with Gasteiger partial charge in [-0.3, -0.25) is 0 Å². The fraction of sp³-hybridized carbons (Fsp3) is 0.700. The standard InChI is InChI=1S/C20H34O3/c1-14(2)17-8-7-16(4)19(22)9-6-15(3)12-18(21)13-20(5,23)11-10-17/h10-12,14,17-19,21-23H,4,6-9,13H2,1-3,5H3/b11-10+,15-12+/t17-,18+,19+,20+/m1/s1. The van der Waals surface area contributed by atoms with Crippen LogP contribution >= 0.6 is 0 Å². The van der Waals surface area contributed by atoms with E-state index in [-0.39, 0.29) is 6.42 Å². The minimum Gasteiger partial charge on any atom is -0.389 e. The van der Waals surface area contributed by atoms with Gasteiger partial charge in [-0.15, -0.1) is 0 Å². The van der Waals surface area contributed by atoms with Crippen LogP contribution in [0.3, 0.4) is 0 Å². The predicted molar refractivity (Wildman–Crippen MR) is 96.1 cm³/mol. The molecule has 1 aliphatic carbocycles. The van der Waals surface area contributed by atoms with Gasteiger partial charge in [0.05, 0.1) is 17.8 Å². The van der Waals surface area contributed by atoms with Crippen molar-refractivity contribution >= 4 is 0 Å². The molecule has 0 aromatic carbocycles. The lowest BCUT2D eigenvalue weighted by molar-refractivity contribution is 0.0564. The summed E-state index contributed by atoms with van der Waals surface area (Å²) in [6.07, 6.45) is 7.82. The Balaban J connectivity index is 2.98. The van der Waals surface area contributed by atoms with Gasteiger partial charge >= 0.3 is 0 Å². The molecule has 0 amide bonds. The van der Waals surface area contributed by atoms with E-state index in [1.165, 1.54) is 0 Å². The molecule has 4 atom stereocenters. The average Bonchev–Trinajstić information content (AvgIpc) is 2.42. The van der Waals surface area contributed by atoms with Gasteiger partial charge in [0.15, 0.2) is 0 Å². The van der Waals surface area contributed by atoms with Crippen LogP contribution in [0.15, 0.2) is 36.0 Å². The van der Waals surface area contributed by atoms with Crippen LogP contribution in [0.5, 0.6) is 0 Å². The summed E-state index contributed by atoms with van der Waals surface area (Å²) < 4.78 is 0. The molecule has 132 valence electrons. The van der Waals surface area contributed by atoms with Crippen molar-refractivity contribution in [1.29, 1.82) is 0 Å². The van der Waals surface area contributed by atoms with Crippen molar-refractivity contribution in [3.8, 4) is 0 Å². The minimum atomic E-state index is -1.02. The van der Waals surface area contributed by atoms with Gasteiger partial charge < -0.3 is 15.3 Å². The Morgan fingerprint density at radius 1 is 1.22 bits per heavy atom. The maximum absolute atomic E-state index is 10.5. The van der Waals surface area contributed by atoms with Gasteiger partial charge in [-0.25, -0.2) is 0 Å². The van der Waals surface area contributed by atoms with Crippen LogP contribution in [0.2, 0.25) is 0 Å². The van der Waals surface area contributed by atoms with Gasteiger partial charge in [0, 0.05) is 6.42 Å². The van der Waals surface area contributed by atoms with E-state index in [0.717, 1.165) is 30.4 Å². The van der Waals surface area contributed by atoms with Gasteiger partial charge in [-0.05, 0) is 56.9 Å². The van der Waals surface area contributed by atoms with Crippen LogP contribution in [0.4, 0.5) is 0 Å². The molecule has 0 fully saturated rings. The molecule has 0 aromatic rings. The first-order valence-corrected chi connectivity index (χ1v) is 8.73. The SMILES string of the molecule is C=C1CC[C@@H](C(C)C)/C=C/[C@](C)(O)C[C@@H](O)/C=C(\C)CC[C@@H]1O. The summed E-state index contributed by atoms with van der Waals surface area (Å²) >= 11 is 0. The Hall–Kier alpha value is -0.900. The van der Waals surface area contributed by atoms with Gasteiger partial charge in [-0.2, -0.15) is 0 Å². The molecule has 1 rings (SSSR count). The van der Waals surface area contributed by atoms with Crippen molar-refractivity contribution in [2.24, 2.45) is 11.8 Å². The van der Waals surface area contributed by atoms with E-state index < -0.39 is 17.8 Å². The van der Waals surface area contributed by atoms with Crippen molar-refractivity contribution in [3.63, 3.8) is 0 Å². The Morgan fingerprint density at radius 2 is 1.87 bits per heavy atom. The van der Waals surface area contributed by atoms with Gasteiger partial charge in [0.1, 0.15) is 0 Å². The third-order valence-electron chi connectivity index (χ3n) is 4.74. The lowest BCUT2D eigenvalue weighted by atomic mass is 9.85.